The lowest BCUT2D eigenvalue weighted by atomic mass is 10.3. The molecule has 0 aliphatic heterocycles. The smallest absolute Gasteiger partial charge is 0.274 e. The van der Waals surface area contributed by atoms with Crippen molar-refractivity contribution in [2.24, 2.45) is 0 Å². The summed E-state index contributed by atoms with van der Waals surface area (Å²) in [6.07, 6.45) is 3.41. The van der Waals surface area contributed by atoms with Gasteiger partial charge < -0.3 is 5.32 Å². The number of rotatable bonds is 3. The standard InChI is InChI=1S/C12H13BrN4O/c1-8(2)17-7-9(6-14-17)15-12(18)10-4-3-5-11(13)16-10/h3-8H,1-2H3,(H,15,18). The van der Waals surface area contributed by atoms with Crippen LogP contribution in [0.5, 0.6) is 0 Å². The molecule has 0 bridgehead atoms. The number of carbonyl (C=O) groups excluding carboxylic acids is 1. The fraction of sp³-hybridized carbons (Fsp3) is 0.250. The van der Waals surface area contributed by atoms with Crippen LogP contribution in [0.15, 0.2) is 35.2 Å². The van der Waals surface area contributed by atoms with Crippen LogP contribution in [0.1, 0.15) is 30.4 Å². The van der Waals surface area contributed by atoms with Crippen molar-refractivity contribution in [3.63, 3.8) is 0 Å². The van der Waals surface area contributed by atoms with Crippen LogP contribution in [-0.4, -0.2) is 20.7 Å². The lowest BCUT2D eigenvalue weighted by Gasteiger charge is -2.04. The van der Waals surface area contributed by atoms with Crippen molar-refractivity contribution in [3.8, 4) is 0 Å². The van der Waals surface area contributed by atoms with Crippen molar-refractivity contribution in [1.29, 1.82) is 0 Å². The first-order valence-electron chi connectivity index (χ1n) is 5.54. The minimum atomic E-state index is -0.250. The van der Waals surface area contributed by atoms with Gasteiger partial charge in [-0.25, -0.2) is 4.98 Å². The monoisotopic (exact) mass is 308 g/mol. The third-order valence-corrected chi connectivity index (χ3v) is 2.78. The maximum atomic E-state index is 11.9. The molecule has 0 aromatic carbocycles. The number of hydrogen-bond donors (Lipinski definition) is 1. The number of anilines is 1. The highest BCUT2D eigenvalue weighted by Crippen LogP contribution is 2.12. The van der Waals surface area contributed by atoms with Gasteiger partial charge in [-0.05, 0) is 41.9 Å². The molecule has 94 valence electrons. The van der Waals surface area contributed by atoms with Crippen molar-refractivity contribution in [1.82, 2.24) is 14.8 Å². The lowest BCUT2D eigenvalue weighted by Crippen LogP contribution is -2.13. The summed E-state index contributed by atoms with van der Waals surface area (Å²) in [6, 6.07) is 5.46. The highest BCUT2D eigenvalue weighted by Gasteiger charge is 2.09. The maximum absolute atomic E-state index is 11.9. The van der Waals surface area contributed by atoms with Gasteiger partial charge >= 0.3 is 0 Å². The summed E-state index contributed by atoms with van der Waals surface area (Å²) < 4.78 is 2.41. The van der Waals surface area contributed by atoms with Crippen LogP contribution in [0.3, 0.4) is 0 Å². The predicted octanol–water partition coefficient (Wildman–Crippen LogP) is 2.87. The second-order valence-corrected chi connectivity index (χ2v) is 4.91. The fourth-order valence-corrected chi connectivity index (χ4v) is 1.76. The van der Waals surface area contributed by atoms with Crippen LogP contribution in [-0.2, 0) is 0 Å². The molecule has 0 saturated carbocycles. The Balaban J connectivity index is 2.11. The van der Waals surface area contributed by atoms with Crippen LogP contribution in [0, 0.1) is 0 Å². The number of aromatic nitrogens is 3. The molecule has 1 amide bonds. The Bertz CT molecular complexity index is 565. The molecule has 0 spiro atoms. The Morgan fingerprint density at radius 1 is 1.44 bits per heavy atom. The highest BCUT2D eigenvalue weighted by molar-refractivity contribution is 9.10. The van der Waals surface area contributed by atoms with Crippen molar-refractivity contribution in [2.75, 3.05) is 5.32 Å². The fourth-order valence-electron chi connectivity index (χ4n) is 1.41. The Morgan fingerprint density at radius 2 is 2.22 bits per heavy atom. The van der Waals surface area contributed by atoms with Crippen molar-refractivity contribution in [3.05, 3.63) is 40.9 Å². The zero-order valence-corrected chi connectivity index (χ0v) is 11.7. The second-order valence-electron chi connectivity index (χ2n) is 4.10. The first-order chi connectivity index (χ1) is 8.56. The molecule has 2 aromatic heterocycles. The zero-order chi connectivity index (χ0) is 13.1. The number of halogens is 1. The van der Waals surface area contributed by atoms with E-state index >= 15 is 0 Å². The normalized spacial score (nSPS) is 10.7. The summed E-state index contributed by atoms with van der Waals surface area (Å²) in [6.45, 7) is 4.04. The molecule has 0 saturated heterocycles. The molecular formula is C12H13BrN4O. The summed E-state index contributed by atoms with van der Waals surface area (Å²) in [5.41, 5.74) is 1.03. The minimum absolute atomic E-state index is 0.250. The van der Waals surface area contributed by atoms with E-state index in [-0.39, 0.29) is 11.9 Å². The third kappa shape index (κ3) is 2.95. The Hall–Kier alpha value is -1.69. The molecular weight excluding hydrogens is 296 g/mol. The molecule has 2 rings (SSSR count). The molecule has 0 aliphatic rings. The van der Waals surface area contributed by atoms with Gasteiger partial charge in [-0.3, -0.25) is 9.48 Å². The highest BCUT2D eigenvalue weighted by atomic mass is 79.9. The van der Waals surface area contributed by atoms with Gasteiger partial charge in [0.25, 0.3) is 5.91 Å². The number of amides is 1. The quantitative estimate of drug-likeness (QED) is 0.887. The van der Waals surface area contributed by atoms with Gasteiger partial charge in [0.1, 0.15) is 10.3 Å². The van der Waals surface area contributed by atoms with Crippen molar-refractivity contribution >= 4 is 27.5 Å². The summed E-state index contributed by atoms with van der Waals surface area (Å²) >= 11 is 3.23. The zero-order valence-electron chi connectivity index (χ0n) is 10.1. The lowest BCUT2D eigenvalue weighted by molar-refractivity contribution is 0.102. The van der Waals surface area contributed by atoms with Crippen molar-refractivity contribution < 1.29 is 4.79 Å². The van der Waals surface area contributed by atoms with E-state index in [1.54, 1.807) is 35.3 Å². The number of nitrogens with one attached hydrogen (secondary N) is 1. The van der Waals surface area contributed by atoms with Gasteiger partial charge in [0.15, 0.2) is 0 Å². The van der Waals surface area contributed by atoms with Crippen LogP contribution in [0.2, 0.25) is 0 Å². The summed E-state index contributed by atoms with van der Waals surface area (Å²) in [7, 11) is 0. The van der Waals surface area contributed by atoms with E-state index in [1.165, 1.54) is 0 Å². The Kier molecular flexibility index (Phi) is 3.76. The predicted molar refractivity (Wildman–Crippen MR) is 72.5 cm³/mol. The van der Waals surface area contributed by atoms with E-state index in [4.69, 9.17) is 0 Å². The van der Waals surface area contributed by atoms with E-state index in [1.807, 2.05) is 13.8 Å². The molecule has 1 N–H and O–H groups in total. The van der Waals surface area contributed by atoms with E-state index in [9.17, 15) is 4.79 Å². The molecule has 0 aliphatic carbocycles. The number of hydrogen-bond acceptors (Lipinski definition) is 3. The first-order valence-corrected chi connectivity index (χ1v) is 6.33. The second kappa shape index (κ2) is 5.30. The van der Waals surface area contributed by atoms with Crippen LogP contribution in [0.4, 0.5) is 5.69 Å². The maximum Gasteiger partial charge on any atom is 0.274 e. The largest absolute Gasteiger partial charge is 0.318 e. The minimum Gasteiger partial charge on any atom is -0.318 e. The molecule has 6 heteroatoms. The van der Waals surface area contributed by atoms with E-state index in [0.29, 0.717) is 16.0 Å². The summed E-state index contributed by atoms with van der Waals surface area (Å²) in [5.74, 6) is -0.250. The number of pyridine rings is 1. The van der Waals surface area contributed by atoms with Crippen molar-refractivity contribution in [2.45, 2.75) is 19.9 Å². The first kappa shape index (κ1) is 12.8. The van der Waals surface area contributed by atoms with E-state index < -0.39 is 0 Å². The van der Waals surface area contributed by atoms with Gasteiger partial charge in [0, 0.05) is 12.2 Å². The molecule has 18 heavy (non-hydrogen) atoms. The molecule has 0 radical (unpaired) electrons. The average Bonchev–Trinajstić information content (AvgIpc) is 2.77. The Morgan fingerprint density at radius 3 is 2.83 bits per heavy atom. The summed E-state index contributed by atoms with van der Waals surface area (Å²) in [5, 5.41) is 6.91. The van der Waals surface area contributed by atoms with Crippen LogP contribution in [0.25, 0.3) is 0 Å². The number of nitrogens with zero attached hydrogens (tertiary/aromatic N) is 3. The Labute approximate surface area is 113 Å². The van der Waals surface area contributed by atoms with E-state index in [0.717, 1.165) is 0 Å². The van der Waals surface area contributed by atoms with Crippen LogP contribution >= 0.6 is 15.9 Å². The number of carbonyl (C=O) groups is 1. The topological polar surface area (TPSA) is 59.8 Å². The van der Waals surface area contributed by atoms with Gasteiger partial charge in [0.2, 0.25) is 0 Å². The molecule has 0 unspecified atom stereocenters. The van der Waals surface area contributed by atoms with Gasteiger partial charge in [-0.1, -0.05) is 6.07 Å². The van der Waals surface area contributed by atoms with E-state index in [2.05, 4.69) is 31.3 Å². The average molecular weight is 309 g/mol. The van der Waals surface area contributed by atoms with Gasteiger partial charge in [-0.2, -0.15) is 5.10 Å². The molecule has 2 heterocycles. The summed E-state index contributed by atoms with van der Waals surface area (Å²) in [4.78, 5) is 16.0. The van der Waals surface area contributed by atoms with Gasteiger partial charge in [-0.15, -0.1) is 0 Å². The molecule has 2 aromatic rings. The molecule has 0 atom stereocenters. The molecule has 0 fully saturated rings. The van der Waals surface area contributed by atoms with Crippen LogP contribution < -0.4 is 5.32 Å². The van der Waals surface area contributed by atoms with Gasteiger partial charge in [0.05, 0.1) is 11.9 Å². The SMILES string of the molecule is CC(C)n1cc(NC(=O)c2cccc(Br)n2)cn1. The third-order valence-electron chi connectivity index (χ3n) is 2.34. The molecule has 5 nitrogen and oxygen atoms in total.